The van der Waals surface area contributed by atoms with Crippen molar-refractivity contribution in [3.63, 3.8) is 0 Å². The average molecular weight is 255 g/mol. The number of hydrogen-bond acceptors (Lipinski definition) is 4. The van der Waals surface area contributed by atoms with Crippen LogP contribution in [0.4, 0.5) is 5.69 Å². The van der Waals surface area contributed by atoms with Gasteiger partial charge in [-0.05, 0) is 24.3 Å². The number of anilines is 1. The molecule has 2 heterocycles. The maximum Gasteiger partial charge on any atom is 0.143 e. The van der Waals surface area contributed by atoms with Crippen molar-refractivity contribution in [2.45, 2.75) is 6.42 Å². The van der Waals surface area contributed by atoms with Gasteiger partial charge in [0.1, 0.15) is 10.3 Å². The van der Waals surface area contributed by atoms with E-state index in [4.69, 9.17) is 0 Å². The summed E-state index contributed by atoms with van der Waals surface area (Å²) in [6.07, 6.45) is 2.74. The number of benzene rings is 1. The van der Waals surface area contributed by atoms with Crippen LogP contribution in [0.25, 0.3) is 10.3 Å². The van der Waals surface area contributed by atoms with Crippen LogP contribution in [0.1, 0.15) is 5.01 Å². The lowest BCUT2D eigenvalue weighted by molar-refractivity contribution is 1.00. The molecule has 90 valence electrons. The van der Waals surface area contributed by atoms with Gasteiger partial charge in [-0.15, -0.1) is 0 Å². The summed E-state index contributed by atoms with van der Waals surface area (Å²) in [6.45, 7) is 0.893. The minimum Gasteiger partial charge on any atom is -0.385 e. The number of nitrogens with one attached hydrogen (secondary N) is 1. The number of para-hydroxylation sites is 1. The molecule has 0 atom stereocenters. The van der Waals surface area contributed by atoms with E-state index in [1.54, 1.807) is 11.3 Å². The van der Waals surface area contributed by atoms with Gasteiger partial charge in [0.05, 0.1) is 5.01 Å². The van der Waals surface area contributed by atoms with Crippen LogP contribution in [0.5, 0.6) is 0 Å². The van der Waals surface area contributed by atoms with Crippen LogP contribution in [0, 0.1) is 0 Å². The normalized spacial score (nSPS) is 10.7. The molecule has 18 heavy (non-hydrogen) atoms. The zero-order valence-corrected chi connectivity index (χ0v) is 10.7. The van der Waals surface area contributed by atoms with E-state index in [-0.39, 0.29) is 0 Å². The molecule has 3 rings (SSSR count). The maximum absolute atomic E-state index is 4.56. The molecule has 2 aromatic heterocycles. The highest BCUT2D eigenvalue weighted by Gasteiger charge is 2.03. The van der Waals surface area contributed by atoms with Crippen molar-refractivity contribution in [3.05, 3.63) is 53.7 Å². The number of nitrogens with zero attached hydrogens (tertiary/aromatic N) is 2. The van der Waals surface area contributed by atoms with Crippen molar-refractivity contribution in [2.75, 3.05) is 11.9 Å². The lowest BCUT2D eigenvalue weighted by Crippen LogP contribution is -2.04. The molecular weight excluding hydrogens is 242 g/mol. The molecule has 0 aliphatic carbocycles. The first-order valence-corrected chi connectivity index (χ1v) is 6.73. The molecule has 1 N–H and O–H groups in total. The van der Waals surface area contributed by atoms with Crippen LogP contribution in [-0.4, -0.2) is 16.5 Å². The highest BCUT2D eigenvalue weighted by Crippen LogP contribution is 2.19. The zero-order valence-electron chi connectivity index (χ0n) is 9.84. The van der Waals surface area contributed by atoms with Crippen molar-refractivity contribution in [2.24, 2.45) is 0 Å². The molecule has 0 bridgehead atoms. The Labute approximate surface area is 110 Å². The molecule has 0 radical (unpaired) electrons. The molecule has 0 saturated heterocycles. The number of hydrogen-bond donors (Lipinski definition) is 1. The van der Waals surface area contributed by atoms with Crippen LogP contribution >= 0.6 is 11.3 Å². The lowest BCUT2D eigenvalue weighted by atomic mass is 10.3. The molecule has 0 amide bonds. The Morgan fingerprint density at radius 1 is 1.06 bits per heavy atom. The van der Waals surface area contributed by atoms with Gasteiger partial charge < -0.3 is 5.32 Å². The summed E-state index contributed by atoms with van der Waals surface area (Å²) in [5, 5.41) is 4.52. The van der Waals surface area contributed by atoms with E-state index in [1.807, 2.05) is 36.5 Å². The number of fused-ring (bicyclic) bond motifs is 1. The summed E-state index contributed by atoms with van der Waals surface area (Å²) in [6, 6.07) is 14.2. The summed E-state index contributed by atoms with van der Waals surface area (Å²) in [4.78, 5) is 9.88. The molecule has 0 aliphatic rings. The molecule has 0 saturated carbocycles. The van der Waals surface area contributed by atoms with E-state index < -0.39 is 0 Å². The molecule has 1 aromatic carbocycles. The highest BCUT2D eigenvalue weighted by atomic mass is 32.1. The molecule has 0 unspecified atom stereocenters. The fourth-order valence-electron chi connectivity index (χ4n) is 1.79. The SMILES string of the molecule is c1ccc(NCCc2nc3cccnc3s2)cc1. The Bertz CT molecular complexity index is 601. The Hall–Kier alpha value is -1.94. The minimum absolute atomic E-state index is 0.893. The Morgan fingerprint density at radius 3 is 2.78 bits per heavy atom. The summed E-state index contributed by atoms with van der Waals surface area (Å²) in [5.41, 5.74) is 2.15. The summed E-state index contributed by atoms with van der Waals surface area (Å²) < 4.78 is 0. The highest BCUT2D eigenvalue weighted by molar-refractivity contribution is 7.18. The first-order chi connectivity index (χ1) is 8.92. The molecular formula is C14H13N3S. The van der Waals surface area contributed by atoms with E-state index >= 15 is 0 Å². The quantitative estimate of drug-likeness (QED) is 0.777. The third-order valence-corrected chi connectivity index (χ3v) is 3.69. The van der Waals surface area contributed by atoms with Crippen molar-refractivity contribution < 1.29 is 0 Å². The molecule has 3 aromatic rings. The Balaban J connectivity index is 1.63. The topological polar surface area (TPSA) is 37.8 Å². The number of rotatable bonds is 4. The summed E-state index contributed by atoms with van der Waals surface area (Å²) in [7, 11) is 0. The van der Waals surface area contributed by atoms with Crippen LogP contribution in [0.3, 0.4) is 0 Å². The monoisotopic (exact) mass is 255 g/mol. The zero-order chi connectivity index (χ0) is 12.2. The molecule has 4 heteroatoms. The molecule has 0 spiro atoms. The maximum atomic E-state index is 4.56. The predicted molar refractivity (Wildman–Crippen MR) is 76.1 cm³/mol. The second-order valence-corrected chi connectivity index (χ2v) is 5.04. The van der Waals surface area contributed by atoms with Crippen LogP contribution in [0.2, 0.25) is 0 Å². The van der Waals surface area contributed by atoms with Crippen LogP contribution < -0.4 is 5.32 Å². The van der Waals surface area contributed by atoms with E-state index in [0.29, 0.717) is 0 Å². The Kier molecular flexibility index (Phi) is 3.19. The minimum atomic E-state index is 0.893. The van der Waals surface area contributed by atoms with E-state index in [9.17, 15) is 0 Å². The second kappa shape index (κ2) is 5.14. The smallest absolute Gasteiger partial charge is 0.143 e. The van der Waals surface area contributed by atoms with Crippen molar-refractivity contribution in [1.29, 1.82) is 0 Å². The average Bonchev–Trinajstić information content (AvgIpc) is 2.82. The van der Waals surface area contributed by atoms with Gasteiger partial charge >= 0.3 is 0 Å². The van der Waals surface area contributed by atoms with Crippen molar-refractivity contribution in [1.82, 2.24) is 9.97 Å². The van der Waals surface area contributed by atoms with Crippen molar-refractivity contribution in [3.8, 4) is 0 Å². The van der Waals surface area contributed by atoms with Gasteiger partial charge in [-0.2, -0.15) is 0 Å². The van der Waals surface area contributed by atoms with Crippen LogP contribution in [0.15, 0.2) is 48.7 Å². The second-order valence-electron chi connectivity index (χ2n) is 3.98. The number of aromatic nitrogens is 2. The molecule has 0 aliphatic heterocycles. The van der Waals surface area contributed by atoms with Gasteiger partial charge in [0, 0.05) is 24.8 Å². The van der Waals surface area contributed by atoms with Gasteiger partial charge in [0.2, 0.25) is 0 Å². The largest absolute Gasteiger partial charge is 0.385 e. The fraction of sp³-hybridized carbons (Fsp3) is 0.143. The number of thiazole rings is 1. The number of pyridine rings is 1. The summed E-state index contributed by atoms with van der Waals surface area (Å²) >= 11 is 1.67. The van der Waals surface area contributed by atoms with E-state index in [2.05, 4.69) is 27.4 Å². The third kappa shape index (κ3) is 2.49. The lowest BCUT2D eigenvalue weighted by Gasteiger charge is -2.03. The van der Waals surface area contributed by atoms with E-state index in [0.717, 1.165) is 34.0 Å². The summed E-state index contributed by atoms with van der Waals surface area (Å²) in [5.74, 6) is 0. The Morgan fingerprint density at radius 2 is 1.94 bits per heavy atom. The fourth-order valence-corrected chi connectivity index (χ4v) is 2.69. The van der Waals surface area contributed by atoms with Crippen molar-refractivity contribution >= 4 is 27.4 Å². The third-order valence-electron chi connectivity index (χ3n) is 2.65. The molecule has 3 nitrogen and oxygen atoms in total. The standard InChI is InChI=1S/C14H13N3S/c1-2-5-11(6-3-1)15-10-8-13-17-12-7-4-9-16-14(12)18-13/h1-7,9,15H,8,10H2. The predicted octanol–water partition coefficient (Wildman–Crippen LogP) is 3.35. The first-order valence-electron chi connectivity index (χ1n) is 5.91. The van der Waals surface area contributed by atoms with Gasteiger partial charge in [-0.1, -0.05) is 29.5 Å². The molecule has 0 fully saturated rings. The van der Waals surface area contributed by atoms with Crippen LogP contribution in [-0.2, 0) is 6.42 Å². The van der Waals surface area contributed by atoms with Gasteiger partial charge in [0.15, 0.2) is 0 Å². The van der Waals surface area contributed by atoms with E-state index in [1.165, 1.54) is 0 Å². The van der Waals surface area contributed by atoms with Gasteiger partial charge in [-0.25, -0.2) is 9.97 Å². The van der Waals surface area contributed by atoms with Gasteiger partial charge in [0.25, 0.3) is 0 Å². The first kappa shape index (κ1) is 11.2. The van der Waals surface area contributed by atoms with Gasteiger partial charge in [-0.3, -0.25) is 0 Å².